The van der Waals surface area contributed by atoms with Gasteiger partial charge in [0, 0.05) is 11.1 Å². The van der Waals surface area contributed by atoms with Crippen molar-refractivity contribution in [2.45, 2.75) is 30.4 Å². The fraction of sp³-hybridized carbons (Fsp3) is 0.417. The largest absolute Gasteiger partial charge is 0.477 e. The van der Waals surface area contributed by atoms with Crippen LogP contribution in [0.15, 0.2) is 23.2 Å². The van der Waals surface area contributed by atoms with Gasteiger partial charge in [0.2, 0.25) is 0 Å². The molecule has 0 aliphatic rings. The molecule has 0 fully saturated rings. The van der Waals surface area contributed by atoms with Gasteiger partial charge in [0.1, 0.15) is 10.9 Å². The van der Waals surface area contributed by atoms with Crippen LogP contribution < -0.4 is 0 Å². The lowest BCUT2D eigenvalue weighted by Crippen LogP contribution is -2.19. The fourth-order valence-electron chi connectivity index (χ4n) is 1.30. The molecule has 1 aromatic heterocycles. The molecule has 0 aromatic carbocycles. The molecule has 5 nitrogen and oxygen atoms in total. The number of nitrogens with zero attached hydrogens (tertiary/aromatic N) is 1. The molecule has 0 radical (unpaired) electrons. The Morgan fingerprint density at radius 2 is 2.22 bits per heavy atom. The molecule has 98 valence electrons. The van der Waals surface area contributed by atoms with E-state index in [1.165, 1.54) is 24.0 Å². The highest BCUT2D eigenvalue weighted by Crippen LogP contribution is 2.26. The number of aromatic carboxylic acids is 1. The smallest absolute Gasteiger partial charge is 0.354 e. The molecule has 1 unspecified atom stereocenters. The van der Waals surface area contributed by atoms with Crippen LogP contribution in [-0.2, 0) is 9.53 Å². The summed E-state index contributed by atoms with van der Waals surface area (Å²) in [6.45, 7) is 3.98. The number of thioether (sulfide) groups is 1. The number of pyridine rings is 1. The van der Waals surface area contributed by atoms with Crippen LogP contribution in [0.1, 0.15) is 30.8 Å². The Labute approximate surface area is 110 Å². The van der Waals surface area contributed by atoms with Gasteiger partial charge in [-0.25, -0.2) is 9.78 Å². The molecule has 1 N–H and O–H groups in total. The molecule has 0 aliphatic carbocycles. The topological polar surface area (TPSA) is 76.5 Å². The van der Waals surface area contributed by atoms with Crippen molar-refractivity contribution in [1.82, 2.24) is 4.98 Å². The second kappa shape index (κ2) is 7.00. The minimum atomic E-state index is -1.08. The van der Waals surface area contributed by atoms with Gasteiger partial charge in [-0.1, -0.05) is 6.92 Å². The van der Waals surface area contributed by atoms with Crippen molar-refractivity contribution in [2.75, 3.05) is 6.61 Å². The zero-order chi connectivity index (χ0) is 13.5. The van der Waals surface area contributed by atoms with Gasteiger partial charge in [-0.05, 0) is 25.5 Å². The van der Waals surface area contributed by atoms with Crippen LogP contribution in [0.2, 0.25) is 0 Å². The Kier molecular flexibility index (Phi) is 5.64. The number of carbonyl (C=O) groups is 2. The van der Waals surface area contributed by atoms with Gasteiger partial charge in [-0.3, -0.25) is 4.79 Å². The molecule has 6 heteroatoms. The van der Waals surface area contributed by atoms with E-state index in [9.17, 15) is 9.59 Å². The van der Waals surface area contributed by atoms with E-state index < -0.39 is 5.97 Å². The second-order valence-corrected chi connectivity index (χ2v) is 4.72. The molecule has 1 aromatic rings. The Morgan fingerprint density at radius 3 is 2.78 bits per heavy atom. The molecule has 18 heavy (non-hydrogen) atoms. The van der Waals surface area contributed by atoms with E-state index in [0.29, 0.717) is 17.9 Å². The zero-order valence-corrected chi connectivity index (χ0v) is 11.1. The van der Waals surface area contributed by atoms with E-state index in [2.05, 4.69) is 4.98 Å². The summed E-state index contributed by atoms with van der Waals surface area (Å²) in [5, 5.41) is 8.51. The molecule has 1 atom stereocenters. The summed E-state index contributed by atoms with van der Waals surface area (Å²) in [7, 11) is 0. The summed E-state index contributed by atoms with van der Waals surface area (Å²) >= 11 is 1.29. The summed E-state index contributed by atoms with van der Waals surface area (Å²) in [4.78, 5) is 26.8. The third-order valence-electron chi connectivity index (χ3n) is 2.15. The lowest BCUT2D eigenvalue weighted by atomic mass is 10.3. The minimum Gasteiger partial charge on any atom is -0.477 e. The van der Waals surface area contributed by atoms with Crippen LogP contribution in [-0.4, -0.2) is 33.9 Å². The normalized spacial score (nSPS) is 11.9. The van der Waals surface area contributed by atoms with E-state index in [4.69, 9.17) is 9.84 Å². The van der Waals surface area contributed by atoms with Gasteiger partial charge in [-0.2, -0.15) is 0 Å². The van der Waals surface area contributed by atoms with E-state index in [-0.39, 0.29) is 16.9 Å². The first-order valence-corrected chi connectivity index (χ1v) is 6.49. The molecule has 0 saturated carbocycles. The number of aromatic nitrogens is 1. The average Bonchev–Trinajstić information content (AvgIpc) is 2.36. The zero-order valence-electron chi connectivity index (χ0n) is 10.3. The van der Waals surface area contributed by atoms with E-state index in [1.807, 2.05) is 6.92 Å². The number of rotatable bonds is 6. The first-order chi connectivity index (χ1) is 8.58. The monoisotopic (exact) mass is 269 g/mol. The van der Waals surface area contributed by atoms with Crippen LogP contribution in [0.5, 0.6) is 0 Å². The highest BCUT2D eigenvalue weighted by Gasteiger charge is 2.19. The highest BCUT2D eigenvalue weighted by molar-refractivity contribution is 8.00. The van der Waals surface area contributed by atoms with Crippen LogP contribution in [0.25, 0.3) is 0 Å². The van der Waals surface area contributed by atoms with Crippen molar-refractivity contribution in [3.05, 3.63) is 24.0 Å². The summed E-state index contributed by atoms with van der Waals surface area (Å²) in [6.07, 6.45) is 2.04. The summed E-state index contributed by atoms with van der Waals surface area (Å²) in [6, 6.07) is 3.13. The number of hydrogen-bond donors (Lipinski definition) is 1. The molecule has 0 saturated heterocycles. The molecular weight excluding hydrogens is 254 g/mol. The minimum absolute atomic E-state index is 0.0290. The Morgan fingerprint density at radius 1 is 1.50 bits per heavy atom. The van der Waals surface area contributed by atoms with Gasteiger partial charge in [0.05, 0.1) is 6.61 Å². The molecule has 0 bridgehead atoms. The number of carboxylic acids is 1. The Bertz CT molecular complexity index is 436. The summed E-state index contributed by atoms with van der Waals surface area (Å²) < 4.78 is 4.95. The first-order valence-electron chi connectivity index (χ1n) is 5.61. The standard InChI is InChI=1S/C12H15NO4S/c1-3-10(12(16)17-4-2)18-8-5-6-13-9(7-8)11(14)15/h5-7,10H,3-4H2,1-2H3,(H,14,15). The molecule has 1 heterocycles. The number of ether oxygens (including phenoxy) is 1. The summed E-state index contributed by atoms with van der Waals surface area (Å²) in [5.74, 6) is -1.36. The maximum Gasteiger partial charge on any atom is 0.354 e. The third-order valence-corrected chi connectivity index (χ3v) is 3.49. The Balaban J connectivity index is 2.78. The van der Waals surface area contributed by atoms with Crippen LogP contribution in [0.4, 0.5) is 0 Å². The van der Waals surface area contributed by atoms with Gasteiger partial charge in [0.25, 0.3) is 0 Å². The number of carboxylic acid groups (broad SMARTS) is 1. The van der Waals surface area contributed by atoms with Gasteiger partial charge in [-0.15, -0.1) is 11.8 Å². The molecular formula is C12H15NO4S. The lowest BCUT2D eigenvalue weighted by molar-refractivity contribution is -0.142. The summed E-state index contributed by atoms with van der Waals surface area (Å²) in [5.41, 5.74) is -0.0290. The maximum absolute atomic E-state index is 11.6. The van der Waals surface area contributed by atoms with Crippen LogP contribution in [0.3, 0.4) is 0 Å². The fourth-order valence-corrected chi connectivity index (χ4v) is 2.28. The lowest BCUT2D eigenvalue weighted by Gasteiger charge is -2.13. The number of carbonyl (C=O) groups excluding carboxylic acids is 1. The van der Waals surface area contributed by atoms with Crippen molar-refractivity contribution in [3.63, 3.8) is 0 Å². The molecule has 1 rings (SSSR count). The maximum atomic E-state index is 11.6. The highest BCUT2D eigenvalue weighted by atomic mass is 32.2. The van der Waals surface area contributed by atoms with Crippen molar-refractivity contribution < 1.29 is 19.4 Å². The van der Waals surface area contributed by atoms with Gasteiger partial charge in [0.15, 0.2) is 0 Å². The average molecular weight is 269 g/mol. The van der Waals surface area contributed by atoms with E-state index in [0.717, 1.165) is 0 Å². The predicted octanol–water partition coefficient (Wildman–Crippen LogP) is 2.21. The van der Waals surface area contributed by atoms with Crippen LogP contribution >= 0.6 is 11.8 Å². The quantitative estimate of drug-likeness (QED) is 0.630. The van der Waals surface area contributed by atoms with Crippen molar-refractivity contribution in [3.8, 4) is 0 Å². The van der Waals surface area contributed by atoms with Crippen molar-refractivity contribution in [1.29, 1.82) is 0 Å². The van der Waals surface area contributed by atoms with Gasteiger partial charge < -0.3 is 9.84 Å². The van der Waals surface area contributed by atoms with Crippen LogP contribution in [0, 0.1) is 0 Å². The van der Waals surface area contributed by atoms with E-state index >= 15 is 0 Å². The van der Waals surface area contributed by atoms with Crippen molar-refractivity contribution >= 4 is 23.7 Å². The van der Waals surface area contributed by atoms with E-state index in [1.54, 1.807) is 13.0 Å². The Hall–Kier alpha value is -1.56. The third kappa shape index (κ3) is 4.03. The molecule has 0 amide bonds. The first kappa shape index (κ1) is 14.5. The second-order valence-electron chi connectivity index (χ2n) is 3.45. The van der Waals surface area contributed by atoms with Gasteiger partial charge >= 0.3 is 11.9 Å². The SMILES string of the molecule is CCOC(=O)C(CC)Sc1ccnc(C(=O)O)c1. The number of hydrogen-bond acceptors (Lipinski definition) is 5. The predicted molar refractivity (Wildman–Crippen MR) is 67.8 cm³/mol. The molecule has 0 spiro atoms. The number of esters is 1. The van der Waals surface area contributed by atoms with Crippen molar-refractivity contribution in [2.24, 2.45) is 0 Å². The molecule has 0 aliphatic heterocycles.